The Morgan fingerprint density at radius 2 is 2.17 bits per heavy atom. The Labute approximate surface area is 113 Å². The van der Waals surface area contributed by atoms with Crippen molar-refractivity contribution in [3.8, 4) is 0 Å². The number of unbranched alkanes of at least 4 members (excludes halogenated alkanes) is 3. The van der Waals surface area contributed by atoms with Gasteiger partial charge in [-0.3, -0.25) is 9.78 Å². The van der Waals surface area contributed by atoms with E-state index >= 15 is 0 Å². The Balaban J connectivity index is 2.14. The summed E-state index contributed by atoms with van der Waals surface area (Å²) >= 11 is 1.88. The second kappa shape index (κ2) is 8.80. The maximum atomic E-state index is 11.7. The minimum Gasteiger partial charge on any atom is -0.399 e. The van der Waals surface area contributed by atoms with E-state index in [9.17, 15) is 4.79 Å². The molecule has 4 nitrogen and oxygen atoms in total. The molecule has 0 bridgehead atoms. The van der Waals surface area contributed by atoms with Crippen molar-refractivity contribution in [1.29, 1.82) is 0 Å². The van der Waals surface area contributed by atoms with Crippen molar-refractivity contribution in [3.63, 3.8) is 0 Å². The Bertz CT molecular complexity index is 371. The third kappa shape index (κ3) is 5.91. The van der Waals surface area contributed by atoms with Gasteiger partial charge in [0, 0.05) is 18.4 Å². The first-order chi connectivity index (χ1) is 8.74. The summed E-state index contributed by atoms with van der Waals surface area (Å²) in [6.07, 6.45) is 8.33. The summed E-state index contributed by atoms with van der Waals surface area (Å²) in [5, 5.41) is 2.85. The highest BCUT2D eigenvalue weighted by atomic mass is 32.2. The molecular weight excluding hydrogens is 246 g/mol. The lowest BCUT2D eigenvalue weighted by atomic mass is 10.2. The summed E-state index contributed by atoms with van der Waals surface area (Å²) in [6, 6.07) is 3.26. The number of amides is 1. The Morgan fingerprint density at radius 1 is 1.39 bits per heavy atom. The number of anilines is 1. The third-order valence-electron chi connectivity index (χ3n) is 2.58. The average molecular weight is 267 g/mol. The molecule has 0 atom stereocenters. The van der Waals surface area contributed by atoms with Gasteiger partial charge in [-0.25, -0.2) is 0 Å². The van der Waals surface area contributed by atoms with Gasteiger partial charge in [0.2, 0.25) is 0 Å². The molecule has 0 aliphatic rings. The molecule has 0 fully saturated rings. The number of carbonyl (C=O) groups is 1. The van der Waals surface area contributed by atoms with Gasteiger partial charge in [-0.15, -0.1) is 0 Å². The lowest BCUT2D eigenvalue weighted by Crippen LogP contribution is -2.25. The highest BCUT2D eigenvalue weighted by Crippen LogP contribution is 2.05. The molecule has 0 saturated carbocycles. The van der Waals surface area contributed by atoms with Crippen LogP contribution in [0.15, 0.2) is 18.3 Å². The summed E-state index contributed by atoms with van der Waals surface area (Å²) in [7, 11) is 0. The van der Waals surface area contributed by atoms with Crippen LogP contribution in [0.4, 0.5) is 5.69 Å². The fourth-order valence-electron chi connectivity index (χ4n) is 1.59. The minimum absolute atomic E-state index is 0.147. The van der Waals surface area contributed by atoms with Gasteiger partial charge < -0.3 is 11.1 Å². The predicted molar refractivity (Wildman–Crippen MR) is 77.8 cm³/mol. The molecule has 0 saturated heterocycles. The third-order valence-corrected chi connectivity index (χ3v) is 3.27. The van der Waals surface area contributed by atoms with Crippen LogP contribution in [0.1, 0.15) is 36.2 Å². The quantitative estimate of drug-likeness (QED) is 0.709. The number of hydrogen-bond acceptors (Lipinski definition) is 4. The molecule has 1 aromatic rings. The number of thioether (sulfide) groups is 1. The van der Waals surface area contributed by atoms with E-state index in [2.05, 4.69) is 16.6 Å². The first-order valence-corrected chi connectivity index (χ1v) is 7.62. The molecule has 0 aromatic carbocycles. The first-order valence-electron chi connectivity index (χ1n) is 6.22. The van der Waals surface area contributed by atoms with Gasteiger partial charge >= 0.3 is 0 Å². The molecule has 0 unspecified atom stereocenters. The van der Waals surface area contributed by atoms with Crippen LogP contribution >= 0.6 is 11.8 Å². The summed E-state index contributed by atoms with van der Waals surface area (Å²) in [6.45, 7) is 0.703. The van der Waals surface area contributed by atoms with Crippen molar-refractivity contribution in [3.05, 3.63) is 24.0 Å². The van der Waals surface area contributed by atoms with Crippen molar-refractivity contribution >= 4 is 23.4 Å². The molecule has 0 aliphatic heterocycles. The molecule has 1 aromatic heterocycles. The molecule has 1 heterocycles. The monoisotopic (exact) mass is 267 g/mol. The molecule has 0 radical (unpaired) electrons. The second-order valence-electron chi connectivity index (χ2n) is 4.14. The van der Waals surface area contributed by atoms with E-state index in [0.29, 0.717) is 17.9 Å². The van der Waals surface area contributed by atoms with Gasteiger partial charge in [-0.2, -0.15) is 11.8 Å². The lowest BCUT2D eigenvalue weighted by Gasteiger charge is -2.05. The largest absolute Gasteiger partial charge is 0.399 e. The topological polar surface area (TPSA) is 68.0 Å². The molecule has 1 amide bonds. The number of pyridine rings is 1. The number of nitrogen functional groups attached to an aromatic ring is 1. The van der Waals surface area contributed by atoms with Crippen LogP contribution in [0.5, 0.6) is 0 Å². The fourth-order valence-corrected chi connectivity index (χ4v) is 2.08. The first kappa shape index (κ1) is 14.8. The number of carbonyl (C=O) groups excluding carboxylic acids is 1. The zero-order valence-electron chi connectivity index (χ0n) is 10.8. The SMILES string of the molecule is CSCCCCCCNC(=O)c1cc(N)ccn1. The van der Waals surface area contributed by atoms with Crippen molar-refractivity contribution in [2.75, 3.05) is 24.3 Å². The molecule has 100 valence electrons. The zero-order chi connectivity index (χ0) is 13.2. The molecule has 1 rings (SSSR count). The predicted octanol–water partition coefficient (Wildman–Crippen LogP) is 2.32. The summed E-state index contributed by atoms with van der Waals surface area (Å²) in [5.41, 5.74) is 6.55. The standard InChI is InChI=1S/C13H21N3OS/c1-18-9-5-3-2-4-7-16-13(17)12-10-11(14)6-8-15-12/h6,8,10H,2-5,7,9H2,1H3,(H2,14,15)(H,16,17). The van der Waals surface area contributed by atoms with Gasteiger partial charge in [0.15, 0.2) is 0 Å². The Kier molecular flexibility index (Phi) is 7.25. The van der Waals surface area contributed by atoms with Crippen LogP contribution < -0.4 is 11.1 Å². The average Bonchev–Trinajstić information content (AvgIpc) is 2.37. The van der Waals surface area contributed by atoms with Gasteiger partial charge in [-0.1, -0.05) is 12.8 Å². The number of aromatic nitrogens is 1. The number of nitrogens with one attached hydrogen (secondary N) is 1. The van der Waals surface area contributed by atoms with Gasteiger partial charge in [0.25, 0.3) is 5.91 Å². The minimum atomic E-state index is -0.147. The Morgan fingerprint density at radius 3 is 2.89 bits per heavy atom. The van der Waals surface area contributed by atoms with Gasteiger partial charge in [-0.05, 0) is 37.0 Å². The van der Waals surface area contributed by atoms with E-state index in [0.717, 1.165) is 12.8 Å². The number of rotatable bonds is 8. The van der Waals surface area contributed by atoms with Crippen LogP contribution in [-0.2, 0) is 0 Å². The van der Waals surface area contributed by atoms with E-state index in [4.69, 9.17) is 5.73 Å². The van der Waals surface area contributed by atoms with E-state index in [1.807, 2.05) is 11.8 Å². The number of nitrogens with two attached hydrogens (primary N) is 1. The lowest BCUT2D eigenvalue weighted by molar-refractivity contribution is 0.0948. The van der Waals surface area contributed by atoms with Crippen molar-refractivity contribution < 1.29 is 4.79 Å². The summed E-state index contributed by atoms with van der Waals surface area (Å²) in [5.74, 6) is 1.07. The zero-order valence-corrected chi connectivity index (χ0v) is 11.6. The normalized spacial score (nSPS) is 10.3. The van der Waals surface area contributed by atoms with E-state index in [1.165, 1.54) is 18.6 Å². The van der Waals surface area contributed by atoms with E-state index in [1.54, 1.807) is 18.3 Å². The van der Waals surface area contributed by atoms with E-state index in [-0.39, 0.29) is 5.91 Å². The summed E-state index contributed by atoms with van der Waals surface area (Å²) < 4.78 is 0. The van der Waals surface area contributed by atoms with Crippen molar-refractivity contribution in [2.45, 2.75) is 25.7 Å². The van der Waals surface area contributed by atoms with E-state index < -0.39 is 0 Å². The van der Waals surface area contributed by atoms with Gasteiger partial charge in [0.05, 0.1) is 0 Å². The Hall–Kier alpha value is -1.23. The van der Waals surface area contributed by atoms with Crippen LogP contribution in [-0.4, -0.2) is 29.4 Å². The van der Waals surface area contributed by atoms with Crippen LogP contribution in [0, 0.1) is 0 Å². The fraction of sp³-hybridized carbons (Fsp3) is 0.538. The smallest absolute Gasteiger partial charge is 0.269 e. The molecule has 0 aliphatic carbocycles. The maximum absolute atomic E-state index is 11.7. The van der Waals surface area contributed by atoms with Crippen molar-refractivity contribution in [1.82, 2.24) is 10.3 Å². The molecular formula is C13H21N3OS. The molecule has 18 heavy (non-hydrogen) atoms. The number of nitrogens with zero attached hydrogens (tertiary/aromatic N) is 1. The maximum Gasteiger partial charge on any atom is 0.269 e. The highest BCUT2D eigenvalue weighted by Gasteiger charge is 2.05. The van der Waals surface area contributed by atoms with Crippen molar-refractivity contribution in [2.24, 2.45) is 0 Å². The second-order valence-corrected chi connectivity index (χ2v) is 5.12. The number of hydrogen-bond donors (Lipinski definition) is 2. The van der Waals surface area contributed by atoms with Crippen LogP contribution in [0.2, 0.25) is 0 Å². The van der Waals surface area contributed by atoms with Crippen LogP contribution in [0.3, 0.4) is 0 Å². The highest BCUT2D eigenvalue weighted by molar-refractivity contribution is 7.98. The molecule has 0 spiro atoms. The van der Waals surface area contributed by atoms with Crippen LogP contribution in [0.25, 0.3) is 0 Å². The molecule has 3 N–H and O–H groups in total. The van der Waals surface area contributed by atoms with Gasteiger partial charge in [0.1, 0.15) is 5.69 Å². The molecule has 5 heteroatoms. The summed E-state index contributed by atoms with van der Waals surface area (Å²) in [4.78, 5) is 15.7.